The number of unbranched alkanes of at least 4 members (excludes halogenated alkanes) is 3. The third-order valence-electron chi connectivity index (χ3n) is 7.30. The molecule has 0 unspecified atom stereocenters. The van der Waals surface area contributed by atoms with Gasteiger partial charge < -0.3 is 24.4 Å². The lowest BCUT2D eigenvalue weighted by Gasteiger charge is -2.26. The van der Waals surface area contributed by atoms with E-state index in [4.69, 9.17) is 19.6 Å². The fourth-order valence-electron chi connectivity index (χ4n) is 4.90. The van der Waals surface area contributed by atoms with Gasteiger partial charge in [-0.2, -0.15) is 0 Å². The predicted molar refractivity (Wildman–Crippen MR) is 155 cm³/mol. The van der Waals surface area contributed by atoms with Crippen LogP contribution in [-0.4, -0.2) is 43.4 Å². The minimum atomic E-state index is -0.390. The van der Waals surface area contributed by atoms with Gasteiger partial charge in [0.1, 0.15) is 23.6 Å². The molecule has 1 N–H and O–H groups in total. The van der Waals surface area contributed by atoms with E-state index in [1.54, 1.807) is 18.2 Å². The first kappa shape index (κ1) is 31.5. The number of esters is 2. The standard InChI is InChI=1S/C33H39NO7/c1-2-32(37)40-20-6-4-3-5-19-39-29-14-7-24(8-15-29)22-30(36)26-10-12-27(13-11-26)33(38)41-31-16-9-25(17-18-35)21-28(31)23-34/h2,7-9,14-16,18,21,23,26-27,34H,1,3-6,10-13,17,19-20,22H2/t26-,27-. The van der Waals surface area contributed by atoms with E-state index in [0.717, 1.165) is 55.1 Å². The second-order valence-electron chi connectivity index (χ2n) is 10.3. The number of carbonyl (C=O) groups excluding carboxylic acids is 4. The Balaban J connectivity index is 1.35. The minimum absolute atomic E-state index is 0.0740. The summed E-state index contributed by atoms with van der Waals surface area (Å²) in [6.45, 7) is 4.38. The first-order valence-corrected chi connectivity index (χ1v) is 14.3. The largest absolute Gasteiger partial charge is 0.494 e. The second kappa shape index (κ2) is 16.9. The summed E-state index contributed by atoms with van der Waals surface area (Å²) in [5.41, 5.74) is 2.15. The van der Waals surface area contributed by atoms with Gasteiger partial charge in [0.25, 0.3) is 0 Å². The Morgan fingerprint density at radius 3 is 2.20 bits per heavy atom. The van der Waals surface area contributed by atoms with Crippen molar-refractivity contribution in [3.63, 3.8) is 0 Å². The van der Waals surface area contributed by atoms with Crippen LogP contribution < -0.4 is 9.47 Å². The maximum absolute atomic E-state index is 12.9. The van der Waals surface area contributed by atoms with Crippen LogP contribution in [0.3, 0.4) is 0 Å². The van der Waals surface area contributed by atoms with Crippen LogP contribution in [0.4, 0.5) is 0 Å². The van der Waals surface area contributed by atoms with Gasteiger partial charge >= 0.3 is 11.9 Å². The Morgan fingerprint density at radius 1 is 0.878 bits per heavy atom. The van der Waals surface area contributed by atoms with E-state index in [2.05, 4.69) is 6.58 Å². The molecule has 8 heteroatoms. The van der Waals surface area contributed by atoms with Crippen LogP contribution in [0, 0.1) is 17.2 Å². The van der Waals surface area contributed by atoms with Crippen LogP contribution in [0.2, 0.25) is 0 Å². The smallest absolute Gasteiger partial charge is 0.330 e. The Hall–Kier alpha value is -4.07. The monoisotopic (exact) mass is 561 g/mol. The number of carbonyl (C=O) groups is 4. The van der Waals surface area contributed by atoms with E-state index in [0.29, 0.717) is 56.6 Å². The quantitative estimate of drug-likeness (QED) is 0.0665. The number of ether oxygens (including phenoxy) is 3. The molecule has 2 aromatic carbocycles. The summed E-state index contributed by atoms with van der Waals surface area (Å²) in [6.07, 6.45) is 9.80. The Labute approximate surface area is 241 Å². The summed E-state index contributed by atoms with van der Waals surface area (Å²) in [4.78, 5) is 47.4. The molecule has 1 saturated carbocycles. The summed E-state index contributed by atoms with van der Waals surface area (Å²) in [7, 11) is 0. The van der Waals surface area contributed by atoms with Crippen molar-refractivity contribution in [2.45, 2.75) is 64.2 Å². The molecule has 1 aliphatic rings. The van der Waals surface area contributed by atoms with E-state index in [-0.39, 0.29) is 36.0 Å². The van der Waals surface area contributed by atoms with Crippen molar-refractivity contribution in [1.29, 1.82) is 5.41 Å². The molecule has 0 aliphatic heterocycles. The van der Waals surface area contributed by atoms with Crippen molar-refractivity contribution in [2.24, 2.45) is 11.8 Å². The molecule has 8 nitrogen and oxygen atoms in total. The molecule has 0 saturated heterocycles. The number of Topliss-reactive ketones (excluding diaryl/α,β-unsaturated/α-hetero) is 1. The first-order valence-electron chi connectivity index (χ1n) is 14.3. The highest BCUT2D eigenvalue weighted by molar-refractivity contribution is 5.86. The average Bonchev–Trinajstić information content (AvgIpc) is 3.00. The van der Waals surface area contributed by atoms with E-state index >= 15 is 0 Å². The molecule has 2 aromatic rings. The van der Waals surface area contributed by atoms with Gasteiger partial charge in [0.15, 0.2) is 0 Å². The fraction of sp³-hybridized carbons (Fsp3) is 0.424. The minimum Gasteiger partial charge on any atom is -0.494 e. The summed E-state index contributed by atoms with van der Waals surface area (Å²) < 4.78 is 16.3. The van der Waals surface area contributed by atoms with Crippen LogP contribution in [0.1, 0.15) is 68.1 Å². The number of nitrogens with one attached hydrogen (secondary N) is 1. The van der Waals surface area contributed by atoms with E-state index in [1.165, 1.54) is 6.08 Å². The zero-order valence-corrected chi connectivity index (χ0v) is 23.5. The lowest BCUT2D eigenvalue weighted by molar-refractivity contribution is -0.141. The predicted octanol–water partition coefficient (Wildman–Crippen LogP) is 5.62. The summed E-state index contributed by atoms with van der Waals surface area (Å²) >= 11 is 0. The van der Waals surface area contributed by atoms with Gasteiger partial charge in [0.2, 0.25) is 0 Å². The Bertz CT molecular complexity index is 1200. The fourth-order valence-corrected chi connectivity index (χ4v) is 4.90. The van der Waals surface area contributed by atoms with Gasteiger partial charge in [0.05, 0.1) is 19.1 Å². The zero-order chi connectivity index (χ0) is 29.5. The van der Waals surface area contributed by atoms with Crippen LogP contribution in [0.25, 0.3) is 0 Å². The van der Waals surface area contributed by atoms with Gasteiger partial charge in [0, 0.05) is 36.6 Å². The number of aldehydes is 1. The van der Waals surface area contributed by atoms with E-state index < -0.39 is 0 Å². The summed E-state index contributed by atoms with van der Waals surface area (Å²) in [5.74, 6) is 0.180. The molecule has 0 heterocycles. The van der Waals surface area contributed by atoms with E-state index in [1.807, 2.05) is 24.3 Å². The van der Waals surface area contributed by atoms with Gasteiger partial charge in [-0.25, -0.2) is 4.79 Å². The average molecular weight is 562 g/mol. The molecule has 0 atom stereocenters. The Morgan fingerprint density at radius 2 is 1.54 bits per heavy atom. The molecule has 0 amide bonds. The molecule has 3 rings (SSSR count). The zero-order valence-electron chi connectivity index (χ0n) is 23.5. The van der Waals surface area contributed by atoms with Crippen LogP contribution in [-0.2, 0) is 36.8 Å². The normalized spacial score (nSPS) is 16.3. The lowest BCUT2D eigenvalue weighted by atomic mass is 9.79. The molecular weight excluding hydrogens is 522 g/mol. The first-order chi connectivity index (χ1) is 19.9. The highest BCUT2D eigenvalue weighted by atomic mass is 16.5. The van der Waals surface area contributed by atoms with Crippen molar-refractivity contribution >= 4 is 30.2 Å². The topological polar surface area (TPSA) is 120 Å². The summed E-state index contributed by atoms with van der Waals surface area (Å²) in [6, 6.07) is 12.6. The SMILES string of the molecule is C=CC(=O)OCCCCCCOc1ccc(CC(=O)[C@H]2CC[C@H](C(=O)Oc3ccc(CC=O)cc3C=N)CC2)cc1. The molecule has 0 spiro atoms. The molecule has 1 fully saturated rings. The molecule has 0 bridgehead atoms. The van der Waals surface area contributed by atoms with Crippen LogP contribution in [0.15, 0.2) is 55.1 Å². The maximum Gasteiger partial charge on any atom is 0.330 e. The third-order valence-corrected chi connectivity index (χ3v) is 7.30. The van der Waals surface area contributed by atoms with Crippen molar-refractivity contribution in [1.82, 2.24) is 0 Å². The highest BCUT2D eigenvalue weighted by Crippen LogP contribution is 2.32. The van der Waals surface area contributed by atoms with Crippen molar-refractivity contribution < 1.29 is 33.4 Å². The number of rotatable bonds is 17. The number of hydrogen-bond donors (Lipinski definition) is 1. The molecule has 0 aromatic heterocycles. The van der Waals surface area contributed by atoms with Crippen molar-refractivity contribution in [3.8, 4) is 11.5 Å². The molecule has 218 valence electrons. The molecule has 1 aliphatic carbocycles. The van der Waals surface area contributed by atoms with Crippen molar-refractivity contribution in [3.05, 3.63) is 71.8 Å². The van der Waals surface area contributed by atoms with Gasteiger partial charge in [-0.05, 0) is 86.8 Å². The lowest BCUT2D eigenvalue weighted by Crippen LogP contribution is -2.29. The van der Waals surface area contributed by atoms with Gasteiger partial charge in [-0.3, -0.25) is 9.59 Å². The molecule has 41 heavy (non-hydrogen) atoms. The van der Waals surface area contributed by atoms with Crippen molar-refractivity contribution in [2.75, 3.05) is 13.2 Å². The van der Waals surface area contributed by atoms with Gasteiger partial charge in [-0.15, -0.1) is 0 Å². The number of benzene rings is 2. The molecule has 0 radical (unpaired) electrons. The maximum atomic E-state index is 12.9. The van der Waals surface area contributed by atoms with Gasteiger partial charge in [-0.1, -0.05) is 24.8 Å². The highest BCUT2D eigenvalue weighted by Gasteiger charge is 2.31. The summed E-state index contributed by atoms with van der Waals surface area (Å²) in [5, 5.41) is 7.60. The van der Waals surface area contributed by atoms with Crippen LogP contribution in [0.5, 0.6) is 11.5 Å². The molecular formula is C33H39NO7. The second-order valence-corrected chi connectivity index (χ2v) is 10.3. The van der Waals surface area contributed by atoms with Crippen LogP contribution >= 0.6 is 0 Å². The number of hydrogen-bond acceptors (Lipinski definition) is 8. The number of ketones is 1. The van der Waals surface area contributed by atoms with E-state index in [9.17, 15) is 19.2 Å². The third kappa shape index (κ3) is 10.4. The Kier molecular flexibility index (Phi) is 13.0.